The van der Waals surface area contributed by atoms with E-state index in [2.05, 4.69) is 5.32 Å². The SMILES string of the molecule is CC(CNc1c(F)cccc1[N+](=O)[O-])c1ccccc1. The minimum absolute atomic E-state index is 0.0553. The quantitative estimate of drug-likeness (QED) is 0.663. The summed E-state index contributed by atoms with van der Waals surface area (Å²) in [5.74, 6) is -0.491. The van der Waals surface area contributed by atoms with Gasteiger partial charge in [-0.2, -0.15) is 0 Å². The van der Waals surface area contributed by atoms with Crippen LogP contribution in [0.3, 0.4) is 0 Å². The van der Waals surface area contributed by atoms with Crippen molar-refractivity contribution in [2.24, 2.45) is 0 Å². The maximum atomic E-state index is 13.7. The molecule has 1 atom stereocenters. The first-order chi connectivity index (χ1) is 9.59. The van der Waals surface area contributed by atoms with Crippen molar-refractivity contribution in [3.05, 3.63) is 70.0 Å². The maximum absolute atomic E-state index is 13.7. The molecule has 4 nitrogen and oxygen atoms in total. The van der Waals surface area contributed by atoms with Gasteiger partial charge in [0, 0.05) is 12.6 Å². The Hall–Kier alpha value is -2.43. The van der Waals surface area contributed by atoms with Crippen molar-refractivity contribution in [2.75, 3.05) is 11.9 Å². The molecule has 2 aromatic rings. The number of anilines is 1. The monoisotopic (exact) mass is 274 g/mol. The summed E-state index contributed by atoms with van der Waals surface area (Å²) in [6, 6.07) is 13.6. The van der Waals surface area contributed by atoms with E-state index in [1.54, 1.807) is 0 Å². The first kappa shape index (κ1) is 14.0. The average Bonchev–Trinajstić information content (AvgIpc) is 2.46. The van der Waals surface area contributed by atoms with Crippen LogP contribution in [-0.2, 0) is 0 Å². The van der Waals surface area contributed by atoms with Gasteiger partial charge in [-0.05, 0) is 17.5 Å². The van der Waals surface area contributed by atoms with Crippen LogP contribution < -0.4 is 5.32 Å². The van der Waals surface area contributed by atoms with Crippen molar-refractivity contribution in [1.82, 2.24) is 0 Å². The molecule has 104 valence electrons. The van der Waals surface area contributed by atoms with Crippen LogP contribution in [0.5, 0.6) is 0 Å². The summed E-state index contributed by atoms with van der Waals surface area (Å²) in [5.41, 5.74) is 0.796. The van der Waals surface area contributed by atoms with Gasteiger partial charge in [-0.15, -0.1) is 0 Å². The molecule has 0 aliphatic rings. The van der Waals surface area contributed by atoms with Crippen LogP contribution in [0, 0.1) is 15.9 Å². The Balaban J connectivity index is 2.13. The number of halogens is 1. The Labute approximate surface area is 116 Å². The van der Waals surface area contributed by atoms with E-state index in [9.17, 15) is 14.5 Å². The van der Waals surface area contributed by atoms with E-state index in [-0.39, 0.29) is 17.3 Å². The topological polar surface area (TPSA) is 55.2 Å². The van der Waals surface area contributed by atoms with Gasteiger partial charge in [0.25, 0.3) is 5.69 Å². The van der Waals surface area contributed by atoms with Crippen molar-refractivity contribution in [2.45, 2.75) is 12.8 Å². The van der Waals surface area contributed by atoms with Crippen LogP contribution in [0.4, 0.5) is 15.8 Å². The van der Waals surface area contributed by atoms with E-state index in [4.69, 9.17) is 0 Å². The highest BCUT2D eigenvalue weighted by Crippen LogP contribution is 2.28. The molecular formula is C15H15FN2O2. The standard InChI is InChI=1S/C15H15FN2O2/c1-11(12-6-3-2-4-7-12)10-17-15-13(16)8-5-9-14(15)18(19)20/h2-9,11,17H,10H2,1H3. The van der Waals surface area contributed by atoms with Crippen LogP contribution in [0.2, 0.25) is 0 Å². The predicted octanol–water partition coefficient (Wildman–Crippen LogP) is 3.95. The minimum atomic E-state index is -0.612. The largest absolute Gasteiger partial charge is 0.376 e. The number of hydrogen-bond acceptors (Lipinski definition) is 3. The van der Waals surface area contributed by atoms with Gasteiger partial charge in [-0.25, -0.2) is 4.39 Å². The molecule has 1 N–H and O–H groups in total. The lowest BCUT2D eigenvalue weighted by Crippen LogP contribution is -2.12. The summed E-state index contributed by atoms with van der Waals surface area (Å²) < 4.78 is 13.7. The fourth-order valence-electron chi connectivity index (χ4n) is 1.99. The van der Waals surface area contributed by atoms with E-state index in [1.807, 2.05) is 37.3 Å². The molecule has 2 rings (SSSR count). The number of rotatable bonds is 5. The minimum Gasteiger partial charge on any atom is -0.376 e. The van der Waals surface area contributed by atoms with Crippen molar-refractivity contribution in [3.8, 4) is 0 Å². The second-order valence-corrected chi connectivity index (χ2v) is 4.58. The summed E-state index contributed by atoms with van der Waals surface area (Å²) in [6.07, 6.45) is 0. The molecule has 1 unspecified atom stereocenters. The zero-order chi connectivity index (χ0) is 14.5. The highest BCUT2D eigenvalue weighted by atomic mass is 19.1. The third-order valence-electron chi connectivity index (χ3n) is 3.14. The molecule has 5 heteroatoms. The van der Waals surface area contributed by atoms with E-state index >= 15 is 0 Å². The summed E-state index contributed by atoms with van der Waals surface area (Å²) in [7, 11) is 0. The number of benzene rings is 2. The van der Waals surface area contributed by atoms with Gasteiger partial charge in [0.05, 0.1) is 4.92 Å². The molecule has 0 aromatic heterocycles. The number of nitrogens with zero attached hydrogens (tertiary/aromatic N) is 1. The number of nitro groups is 1. The molecule has 0 heterocycles. The molecule has 0 aliphatic heterocycles. The molecule has 0 saturated carbocycles. The Morgan fingerprint density at radius 2 is 1.90 bits per heavy atom. The predicted molar refractivity (Wildman–Crippen MR) is 76.4 cm³/mol. The second-order valence-electron chi connectivity index (χ2n) is 4.58. The first-order valence-electron chi connectivity index (χ1n) is 6.31. The normalized spacial score (nSPS) is 11.9. The third kappa shape index (κ3) is 3.12. The molecular weight excluding hydrogens is 259 g/mol. The summed E-state index contributed by atoms with van der Waals surface area (Å²) in [6.45, 7) is 2.40. The van der Waals surface area contributed by atoms with Crippen molar-refractivity contribution >= 4 is 11.4 Å². The summed E-state index contributed by atoms with van der Waals surface area (Å²) in [4.78, 5) is 10.3. The van der Waals surface area contributed by atoms with Gasteiger partial charge in [0.1, 0.15) is 5.69 Å². The molecule has 0 saturated heterocycles. The van der Waals surface area contributed by atoms with Crippen molar-refractivity contribution in [3.63, 3.8) is 0 Å². The fourth-order valence-corrected chi connectivity index (χ4v) is 1.99. The highest BCUT2D eigenvalue weighted by molar-refractivity contribution is 5.62. The number of nitrogens with one attached hydrogen (secondary N) is 1. The van der Waals surface area contributed by atoms with Crippen LogP contribution in [0.15, 0.2) is 48.5 Å². The molecule has 0 bridgehead atoms. The third-order valence-corrected chi connectivity index (χ3v) is 3.14. The van der Waals surface area contributed by atoms with Gasteiger partial charge >= 0.3 is 0 Å². The van der Waals surface area contributed by atoms with Gasteiger partial charge in [-0.1, -0.05) is 43.3 Å². The molecule has 0 fully saturated rings. The lowest BCUT2D eigenvalue weighted by Gasteiger charge is -2.14. The van der Waals surface area contributed by atoms with Gasteiger partial charge in [0.2, 0.25) is 0 Å². The van der Waals surface area contributed by atoms with E-state index in [0.717, 1.165) is 5.56 Å². The van der Waals surface area contributed by atoms with E-state index in [0.29, 0.717) is 6.54 Å². The zero-order valence-electron chi connectivity index (χ0n) is 11.0. The Morgan fingerprint density at radius 1 is 1.20 bits per heavy atom. The van der Waals surface area contributed by atoms with Crippen molar-refractivity contribution < 1.29 is 9.31 Å². The first-order valence-corrected chi connectivity index (χ1v) is 6.31. The molecule has 0 aliphatic carbocycles. The molecule has 20 heavy (non-hydrogen) atoms. The summed E-state index contributed by atoms with van der Waals surface area (Å²) in [5, 5.41) is 13.7. The lowest BCUT2D eigenvalue weighted by molar-refractivity contribution is -0.384. The Kier molecular flexibility index (Phi) is 4.30. The van der Waals surface area contributed by atoms with Crippen LogP contribution in [-0.4, -0.2) is 11.5 Å². The molecule has 0 radical (unpaired) electrons. The maximum Gasteiger partial charge on any atom is 0.295 e. The number of para-hydroxylation sites is 1. The highest BCUT2D eigenvalue weighted by Gasteiger charge is 2.18. The number of hydrogen-bond donors (Lipinski definition) is 1. The molecule has 0 spiro atoms. The van der Waals surface area contributed by atoms with Crippen LogP contribution in [0.1, 0.15) is 18.4 Å². The number of nitro benzene ring substituents is 1. The van der Waals surface area contributed by atoms with Crippen molar-refractivity contribution in [1.29, 1.82) is 0 Å². The molecule has 2 aromatic carbocycles. The van der Waals surface area contributed by atoms with Gasteiger partial charge in [0.15, 0.2) is 5.82 Å². The van der Waals surface area contributed by atoms with Gasteiger partial charge in [-0.3, -0.25) is 10.1 Å². The van der Waals surface area contributed by atoms with Crippen LogP contribution >= 0.6 is 0 Å². The lowest BCUT2D eigenvalue weighted by atomic mass is 10.0. The van der Waals surface area contributed by atoms with E-state index in [1.165, 1.54) is 18.2 Å². The fraction of sp³-hybridized carbons (Fsp3) is 0.200. The second kappa shape index (κ2) is 6.14. The Bertz CT molecular complexity index is 602. The Morgan fingerprint density at radius 3 is 2.55 bits per heavy atom. The summed E-state index contributed by atoms with van der Waals surface area (Å²) >= 11 is 0. The zero-order valence-corrected chi connectivity index (χ0v) is 11.0. The van der Waals surface area contributed by atoms with Crippen LogP contribution in [0.25, 0.3) is 0 Å². The van der Waals surface area contributed by atoms with Gasteiger partial charge < -0.3 is 5.32 Å². The molecule has 0 amide bonds. The smallest absolute Gasteiger partial charge is 0.295 e. The average molecular weight is 274 g/mol. The van der Waals surface area contributed by atoms with E-state index < -0.39 is 10.7 Å².